The highest BCUT2D eigenvalue weighted by Gasteiger charge is 2.04. The van der Waals surface area contributed by atoms with Crippen molar-refractivity contribution in [3.05, 3.63) is 65.7 Å². The average Bonchev–Trinajstić information content (AvgIpc) is 2.60. The monoisotopic (exact) mass is 310 g/mol. The Kier molecular flexibility index (Phi) is 6.67. The lowest BCUT2D eigenvalue weighted by Gasteiger charge is -2.19. The lowest BCUT2D eigenvalue weighted by Crippen LogP contribution is -2.29. The third-order valence-corrected chi connectivity index (χ3v) is 3.99. The molecule has 2 aromatic rings. The largest absolute Gasteiger partial charge is 0.375 e. The summed E-state index contributed by atoms with van der Waals surface area (Å²) in [5, 5.41) is 3.00. The maximum absolute atomic E-state index is 12.0. The first-order valence-electron chi connectivity index (χ1n) is 8.29. The molecule has 0 aliphatic carbocycles. The molecular weight excluding hydrogens is 284 g/mol. The van der Waals surface area contributed by atoms with Gasteiger partial charge < -0.3 is 10.2 Å². The molecule has 3 nitrogen and oxygen atoms in total. The topological polar surface area (TPSA) is 32.3 Å². The van der Waals surface area contributed by atoms with Gasteiger partial charge in [-0.05, 0) is 36.1 Å². The van der Waals surface area contributed by atoms with Crippen molar-refractivity contribution in [2.75, 3.05) is 25.0 Å². The van der Waals surface area contributed by atoms with Crippen LogP contribution in [-0.4, -0.2) is 26.0 Å². The first-order valence-corrected chi connectivity index (χ1v) is 8.29. The van der Waals surface area contributed by atoms with Gasteiger partial charge in [0.1, 0.15) is 0 Å². The van der Waals surface area contributed by atoms with Crippen molar-refractivity contribution < 1.29 is 4.79 Å². The molecule has 23 heavy (non-hydrogen) atoms. The van der Waals surface area contributed by atoms with Crippen LogP contribution in [-0.2, 0) is 17.6 Å². The van der Waals surface area contributed by atoms with Crippen LogP contribution in [0.5, 0.6) is 0 Å². The molecule has 0 spiro atoms. The van der Waals surface area contributed by atoms with Gasteiger partial charge in [-0.1, -0.05) is 49.4 Å². The smallest absolute Gasteiger partial charge is 0.224 e. The molecule has 0 radical (unpaired) electrons. The number of para-hydroxylation sites is 1. The minimum absolute atomic E-state index is 0.0941. The molecule has 0 unspecified atom stereocenters. The van der Waals surface area contributed by atoms with Crippen LogP contribution in [0.2, 0.25) is 0 Å². The zero-order valence-electron chi connectivity index (χ0n) is 14.1. The van der Waals surface area contributed by atoms with E-state index in [2.05, 4.69) is 48.5 Å². The van der Waals surface area contributed by atoms with Gasteiger partial charge >= 0.3 is 0 Å². The van der Waals surface area contributed by atoms with Crippen LogP contribution in [0.1, 0.15) is 24.5 Å². The number of hydrogen-bond acceptors (Lipinski definition) is 2. The lowest BCUT2D eigenvalue weighted by atomic mass is 10.1. The van der Waals surface area contributed by atoms with Crippen LogP contribution < -0.4 is 10.2 Å². The van der Waals surface area contributed by atoms with E-state index in [1.54, 1.807) is 0 Å². The number of benzene rings is 2. The zero-order chi connectivity index (χ0) is 16.5. The summed E-state index contributed by atoms with van der Waals surface area (Å²) in [5.41, 5.74) is 3.58. The Morgan fingerprint density at radius 1 is 1.00 bits per heavy atom. The Morgan fingerprint density at radius 2 is 1.65 bits per heavy atom. The Balaban J connectivity index is 1.66. The van der Waals surface area contributed by atoms with Crippen molar-refractivity contribution in [2.24, 2.45) is 0 Å². The minimum Gasteiger partial charge on any atom is -0.375 e. The van der Waals surface area contributed by atoms with E-state index in [9.17, 15) is 4.79 Å². The predicted octanol–water partition coefficient (Wildman–Crippen LogP) is 3.43. The van der Waals surface area contributed by atoms with E-state index in [-0.39, 0.29) is 5.91 Å². The molecule has 3 heteroatoms. The third kappa shape index (κ3) is 5.78. The van der Waals surface area contributed by atoms with Gasteiger partial charge in [0.2, 0.25) is 5.91 Å². The number of nitrogens with zero attached hydrogens (tertiary/aromatic N) is 1. The van der Waals surface area contributed by atoms with E-state index >= 15 is 0 Å². The second kappa shape index (κ2) is 8.99. The molecule has 1 amide bonds. The Bertz CT molecular complexity index is 593. The molecule has 0 bridgehead atoms. The van der Waals surface area contributed by atoms with Crippen LogP contribution in [0, 0.1) is 0 Å². The summed E-state index contributed by atoms with van der Waals surface area (Å²) in [4.78, 5) is 14.2. The normalized spacial score (nSPS) is 10.3. The number of nitrogens with one attached hydrogen (secondary N) is 1. The highest BCUT2D eigenvalue weighted by atomic mass is 16.1. The fourth-order valence-electron chi connectivity index (χ4n) is 2.50. The number of carbonyl (C=O) groups excluding carboxylic acids is 1. The third-order valence-electron chi connectivity index (χ3n) is 3.99. The summed E-state index contributed by atoms with van der Waals surface area (Å²) < 4.78 is 0. The summed E-state index contributed by atoms with van der Waals surface area (Å²) in [5.74, 6) is 0.0941. The summed E-state index contributed by atoms with van der Waals surface area (Å²) in [6, 6.07) is 18.6. The molecule has 0 aliphatic heterocycles. The average molecular weight is 310 g/mol. The molecule has 2 rings (SSSR count). The van der Waals surface area contributed by atoms with Gasteiger partial charge in [0.25, 0.3) is 0 Å². The summed E-state index contributed by atoms with van der Waals surface area (Å²) >= 11 is 0. The quantitative estimate of drug-likeness (QED) is 0.758. The molecule has 0 saturated carbocycles. The molecule has 0 aliphatic rings. The molecule has 0 heterocycles. The van der Waals surface area contributed by atoms with Crippen molar-refractivity contribution in [3.63, 3.8) is 0 Å². The molecule has 122 valence electrons. The standard InChI is InChI=1S/C20H26N2O/c1-3-17-10-12-18(13-11-17)16-20(23)21-14-7-15-22(2)19-8-5-4-6-9-19/h4-6,8-13H,3,7,14-16H2,1-2H3,(H,21,23). The van der Waals surface area contributed by atoms with Crippen LogP contribution in [0.25, 0.3) is 0 Å². The van der Waals surface area contributed by atoms with Gasteiger partial charge in [0.15, 0.2) is 0 Å². The molecule has 0 fully saturated rings. The molecule has 0 atom stereocenters. The van der Waals surface area contributed by atoms with Gasteiger partial charge in [0, 0.05) is 25.8 Å². The van der Waals surface area contributed by atoms with E-state index in [0.717, 1.165) is 24.9 Å². The van der Waals surface area contributed by atoms with E-state index in [1.807, 2.05) is 30.3 Å². The van der Waals surface area contributed by atoms with E-state index in [0.29, 0.717) is 13.0 Å². The Labute approximate surface area is 139 Å². The van der Waals surface area contributed by atoms with Crippen molar-refractivity contribution in [2.45, 2.75) is 26.2 Å². The fourth-order valence-corrected chi connectivity index (χ4v) is 2.50. The molecule has 2 aromatic carbocycles. The highest BCUT2D eigenvalue weighted by Crippen LogP contribution is 2.10. The number of rotatable bonds is 8. The maximum atomic E-state index is 12.0. The molecule has 1 N–H and O–H groups in total. The number of carbonyl (C=O) groups is 1. The van der Waals surface area contributed by atoms with E-state index in [1.165, 1.54) is 11.3 Å². The predicted molar refractivity (Wildman–Crippen MR) is 96.9 cm³/mol. The van der Waals surface area contributed by atoms with Crippen LogP contribution in [0.15, 0.2) is 54.6 Å². The lowest BCUT2D eigenvalue weighted by molar-refractivity contribution is -0.120. The van der Waals surface area contributed by atoms with Gasteiger partial charge in [-0.2, -0.15) is 0 Å². The Morgan fingerprint density at radius 3 is 2.30 bits per heavy atom. The second-order valence-electron chi connectivity index (χ2n) is 5.81. The fraction of sp³-hybridized carbons (Fsp3) is 0.350. The molecule has 0 aromatic heterocycles. The van der Waals surface area contributed by atoms with Crippen molar-refractivity contribution in [1.82, 2.24) is 5.32 Å². The Hall–Kier alpha value is -2.29. The van der Waals surface area contributed by atoms with Crippen LogP contribution in [0.3, 0.4) is 0 Å². The summed E-state index contributed by atoms with van der Waals surface area (Å²) in [6.07, 6.45) is 2.42. The minimum atomic E-state index is 0.0941. The molecule has 0 saturated heterocycles. The van der Waals surface area contributed by atoms with E-state index in [4.69, 9.17) is 0 Å². The summed E-state index contributed by atoms with van der Waals surface area (Å²) in [7, 11) is 2.08. The van der Waals surface area contributed by atoms with Crippen LogP contribution >= 0.6 is 0 Å². The van der Waals surface area contributed by atoms with E-state index < -0.39 is 0 Å². The number of hydrogen-bond donors (Lipinski definition) is 1. The van der Waals surface area contributed by atoms with Crippen LogP contribution in [0.4, 0.5) is 5.69 Å². The van der Waals surface area contributed by atoms with Gasteiger partial charge in [0.05, 0.1) is 6.42 Å². The van der Waals surface area contributed by atoms with Gasteiger partial charge in [-0.3, -0.25) is 4.79 Å². The maximum Gasteiger partial charge on any atom is 0.224 e. The zero-order valence-corrected chi connectivity index (χ0v) is 14.1. The number of anilines is 1. The first-order chi connectivity index (χ1) is 11.2. The number of aryl methyl sites for hydroxylation is 1. The first kappa shape index (κ1) is 17.1. The molecular formula is C20H26N2O. The second-order valence-corrected chi connectivity index (χ2v) is 5.81. The summed E-state index contributed by atoms with van der Waals surface area (Å²) in [6.45, 7) is 3.77. The van der Waals surface area contributed by atoms with Crippen molar-refractivity contribution in [1.29, 1.82) is 0 Å². The highest BCUT2D eigenvalue weighted by molar-refractivity contribution is 5.78. The van der Waals surface area contributed by atoms with Gasteiger partial charge in [-0.15, -0.1) is 0 Å². The van der Waals surface area contributed by atoms with Gasteiger partial charge in [-0.25, -0.2) is 0 Å². The SMILES string of the molecule is CCc1ccc(CC(=O)NCCCN(C)c2ccccc2)cc1. The van der Waals surface area contributed by atoms with Crippen molar-refractivity contribution >= 4 is 11.6 Å². The van der Waals surface area contributed by atoms with Crippen molar-refractivity contribution in [3.8, 4) is 0 Å². The number of amides is 1.